The average molecular weight is 653 g/mol. The van der Waals surface area contributed by atoms with E-state index >= 15 is 0 Å². The Bertz CT molecular complexity index is 1770. The fraction of sp³-hybridized carbons (Fsp3) is 0.378. The Morgan fingerprint density at radius 2 is 1.98 bits per heavy atom. The second kappa shape index (κ2) is 13.6. The van der Waals surface area contributed by atoms with Gasteiger partial charge in [-0.3, -0.25) is 19.4 Å². The maximum atomic E-state index is 13.3. The lowest BCUT2D eigenvalue weighted by Crippen LogP contribution is -2.70. The third-order valence-corrected chi connectivity index (χ3v) is 9.70. The van der Waals surface area contributed by atoms with Crippen LogP contribution in [0.1, 0.15) is 48.6 Å². The molecule has 2 N–H and O–H groups in total. The molecule has 4 aliphatic rings. The van der Waals surface area contributed by atoms with Crippen LogP contribution in [0, 0.1) is 18.3 Å². The molecule has 3 unspecified atom stereocenters. The van der Waals surface area contributed by atoms with E-state index in [1.165, 1.54) is 26.4 Å². The molecule has 11 nitrogen and oxygen atoms in total. The number of hydrogen-bond donors (Lipinski definition) is 2. The van der Waals surface area contributed by atoms with E-state index in [2.05, 4.69) is 21.2 Å². The summed E-state index contributed by atoms with van der Waals surface area (Å²) in [5.74, 6) is 0.488. The minimum absolute atomic E-state index is 0.00321. The highest BCUT2D eigenvalue weighted by Gasteiger charge is 2.56. The van der Waals surface area contributed by atoms with Crippen molar-refractivity contribution in [3.63, 3.8) is 0 Å². The summed E-state index contributed by atoms with van der Waals surface area (Å²) in [6.45, 7) is 5.15. The first-order valence-corrected chi connectivity index (χ1v) is 16.0. The van der Waals surface area contributed by atoms with Crippen molar-refractivity contribution in [1.29, 1.82) is 5.26 Å². The first-order valence-electron chi connectivity index (χ1n) is 16.0. The van der Waals surface area contributed by atoms with Gasteiger partial charge in [0.2, 0.25) is 12.7 Å². The third kappa shape index (κ3) is 5.82. The molecule has 11 heteroatoms. The summed E-state index contributed by atoms with van der Waals surface area (Å²) >= 11 is 0. The van der Waals surface area contributed by atoms with Gasteiger partial charge in [0, 0.05) is 48.3 Å². The summed E-state index contributed by atoms with van der Waals surface area (Å²) in [7, 11) is 3.52. The first-order chi connectivity index (χ1) is 23.2. The number of nitriles is 1. The molecule has 4 heterocycles. The van der Waals surface area contributed by atoms with Crippen molar-refractivity contribution in [2.45, 2.75) is 63.8 Å². The van der Waals surface area contributed by atoms with Crippen LogP contribution < -0.4 is 10.1 Å². The molecule has 48 heavy (non-hydrogen) atoms. The van der Waals surface area contributed by atoms with Crippen molar-refractivity contribution < 1.29 is 33.6 Å². The molecule has 0 aromatic heterocycles. The van der Waals surface area contributed by atoms with Gasteiger partial charge in [-0.25, -0.2) is 0 Å². The number of nitrogens with zero attached hydrogens (tertiary/aromatic N) is 3. The first kappa shape index (κ1) is 32.9. The van der Waals surface area contributed by atoms with Gasteiger partial charge in [-0.1, -0.05) is 36.4 Å². The zero-order valence-corrected chi connectivity index (χ0v) is 27.7. The Kier molecular flexibility index (Phi) is 9.31. The number of phenols is 1. The fourth-order valence-electron chi connectivity index (χ4n) is 7.81. The van der Waals surface area contributed by atoms with E-state index in [1.54, 1.807) is 19.1 Å². The number of amides is 1. The summed E-state index contributed by atoms with van der Waals surface area (Å²) in [4.78, 5) is 29.9. The van der Waals surface area contributed by atoms with Crippen LogP contribution >= 0.6 is 0 Å². The Morgan fingerprint density at radius 3 is 2.62 bits per heavy atom. The van der Waals surface area contributed by atoms with Gasteiger partial charge < -0.3 is 29.4 Å². The Balaban J connectivity index is 1.51. The quantitative estimate of drug-likeness (QED) is 0.240. The second-order valence-electron chi connectivity index (χ2n) is 12.4. The van der Waals surface area contributed by atoms with Gasteiger partial charge in [-0.05, 0) is 62.6 Å². The van der Waals surface area contributed by atoms with Gasteiger partial charge in [0.1, 0.15) is 18.1 Å². The van der Waals surface area contributed by atoms with Crippen molar-refractivity contribution in [2.24, 2.45) is 0 Å². The number of nitrogens with one attached hydrogen (secondary N) is 1. The molecule has 0 radical (unpaired) electrons. The summed E-state index contributed by atoms with van der Waals surface area (Å²) < 4.78 is 22.9. The van der Waals surface area contributed by atoms with Crippen molar-refractivity contribution in [3.05, 3.63) is 99.7 Å². The predicted molar refractivity (Wildman–Crippen MR) is 177 cm³/mol. The molecule has 1 saturated heterocycles. The fourth-order valence-corrected chi connectivity index (χ4v) is 7.81. The molecule has 0 spiro atoms. The molecule has 2 aromatic rings. The molecule has 1 amide bonds. The molecule has 6 rings (SSSR count). The smallest absolute Gasteiger partial charge is 0.308 e. The van der Waals surface area contributed by atoms with Crippen LogP contribution in [0.3, 0.4) is 0 Å². The third-order valence-electron chi connectivity index (χ3n) is 9.70. The number of carbonyl (C=O) groups excluding carboxylic acids is 2. The number of hydrogen-bond acceptors (Lipinski definition) is 10. The lowest BCUT2D eigenvalue weighted by atomic mass is 9.71. The van der Waals surface area contributed by atoms with Crippen LogP contribution in [0.15, 0.2) is 77.5 Å². The predicted octanol–water partition coefficient (Wildman–Crippen LogP) is 4.39. The van der Waals surface area contributed by atoms with E-state index in [-0.39, 0.29) is 43.1 Å². The number of likely N-dealkylation sites (N-methyl/N-ethyl adjacent to an activating group) is 1. The molecular weight excluding hydrogens is 612 g/mol. The number of esters is 1. The molecule has 2 bridgehead atoms. The van der Waals surface area contributed by atoms with Crippen molar-refractivity contribution in [3.8, 4) is 17.6 Å². The number of phenolic OH excluding ortho intramolecular Hbond substituents is 1. The monoisotopic (exact) mass is 652 g/mol. The molecule has 1 fully saturated rings. The van der Waals surface area contributed by atoms with Crippen molar-refractivity contribution in [1.82, 2.24) is 15.1 Å². The van der Waals surface area contributed by atoms with Crippen LogP contribution in [0.4, 0.5) is 0 Å². The normalized spacial score (nSPS) is 25.3. The molecule has 0 aliphatic carbocycles. The van der Waals surface area contributed by atoms with Gasteiger partial charge in [-0.15, -0.1) is 0 Å². The summed E-state index contributed by atoms with van der Waals surface area (Å²) in [6.07, 6.45) is 7.35. The molecule has 0 saturated carbocycles. The number of benzene rings is 2. The van der Waals surface area contributed by atoms with E-state index < -0.39 is 18.1 Å². The van der Waals surface area contributed by atoms with E-state index in [1.807, 2.05) is 50.4 Å². The van der Waals surface area contributed by atoms with Crippen LogP contribution in [0.25, 0.3) is 6.08 Å². The molecule has 4 aliphatic heterocycles. The van der Waals surface area contributed by atoms with Gasteiger partial charge in [0.25, 0.3) is 0 Å². The van der Waals surface area contributed by atoms with E-state index in [9.17, 15) is 20.0 Å². The lowest BCUT2D eigenvalue weighted by Gasteiger charge is -2.60. The van der Waals surface area contributed by atoms with Crippen LogP contribution in [0.2, 0.25) is 0 Å². The SMILES string of the molecule is C/C=C(\OC(C)=O)C1=C(C2=COCO2)[C@H](CNC(=O)/C=C/c2ccccc2)N2C(C1)C1c3c(cc(C)c(OC)c3O)CC([C@@H]2C#N)N1C. The zero-order valence-electron chi connectivity index (χ0n) is 27.7. The number of piperazine rings is 1. The Hall–Kier alpha value is -5.05. The highest BCUT2D eigenvalue weighted by atomic mass is 16.7. The van der Waals surface area contributed by atoms with E-state index in [4.69, 9.17) is 18.9 Å². The number of fused-ring (bicyclic) bond motifs is 6. The van der Waals surface area contributed by atoms with Crippen LogP contribution in [-0.4, -0.2) is 78.4 Å². The Labute approximate surface area is 280 Å². The average Bonchev–Trinajstić information content (AvgIpc) is 3.61. The highest BCUT2D eigenvalue weighted by molar-refractivity contribution is 5.91. The number of allylic oxidation sites excluding steroid dienone is 2. The van der Waals surface area contributed by atoms with Gasteiger partial charge in [-0.2, -0.15) is 5.26 Å². The van der Waals surface area contributed by atoms with Gasteiger partial charge in [0.05, 0.1) is 25.3 Å². The number of aromatic hydroxyl groups is 1. The van der Waals surface area contributed by atoms with E-state index in [0.29, 0.717) is 41.3 Å². The van der Waals surface area contributed by atoms with Crippen LogP contribution in [0.5, 0.6) is 11.5 Å². The number of ether oxygens (including phenoxy) is 4. The number of carbonyl (C=O) groups is 2. The molecule has 5 atom stereocenters. The number of methoxy groups -OCH3 is 1. The second-order valence-corrected chi connectivity index (χ2v) is 12.4. The Morgan fingerprint density at radius 1 is 1.21 bits per heavy atom. The largest absolute Gasteiger partial charge is 0.504 e. The van der Waals surface area contributed by atoms with E-state index in [0.717, 1.165) is 22.3 Å². The topological polar surface area (TPSA) is 134 Å². The van der Waals surface area contributed by atoms with Crippen LogP contribution in [-0.2, 0) is 30.2 Å². The van der Waals surface area contributed by atoms with Gasteiger partial charge >= 0.3 is 5.97 Å². The molecule has 250 valence electrons. The summed E-state index contributed by atoms with van der Waals surface area (Å²) in [6, 6.07) is 12.0. The minimum atomic E-state index is -0.599. The van der Waals surface area contributed by atoms with Crippen molar-refractivity contribution in [2.75, 3.05) is 27.5 Å². The van der Waals surface area contributed by atoms with Crippen molar-refractivity contribution >= 4 is 18.0 Å². The zero-order chi connectivity index (χ0) is 34.1. The summed E-state index contributed by atoms with van der Waals surface area (Å²) in [5, 5.41) is 25.6. The summed E-state index contributed by atoms with van der Waals surface area (Å²) in [5.41, 5.74) is 4.77. The molecular formula is C37H40N4O7. The standard InChI is InChI=1S/C37H40N4O7/c1-6-30(48-22(3)42)25-16-27-35-33-24(14-21(2)37(45-5)36(33)44)15-26(40(35)4)28(17-38)41(27)29(34(25)31-19-46-20-47-31)18-39-32(43)13-12-23-10-8-7-9-11-23/h6-14,19,26-29,35,44H,15-16,18,20H2,1-5H3,(H,39,43)/b13-12+,30-6-/t26?,27?,28-,29-,35?/m0/s1. The highest BCUT2D eigenvalue weighted by Crippen LogP contribution is 2.54. The lowest BCUT2D eigenvalue weighted by molar-refractivity contribution is -0.136. The minimum Gasteiger partial charge on any atom is -0.504 e. The van der Waals surface area contributed by atoms with Gasteiger partial charge in [0.15, 0.2) is 17.3 Å². The molecule has 2 aromatic carbocycles. The maximum absolute atomic E-state index is 13.3. The maximum Gasteiger partial charge on any atom is 0.308 e. The number of rotatable bonds is 8. The number of aryl methyl sites for hydroxylation is 1.